The molecule has 1 aromatic rings. The molecular weight excluding hydrogens is 280 g/mol. The molecule has 5 heteroatoms. The average Bonchev–Trinajstić information content (AvgIpc) is 2.32. The molecule has 0 aromatic heterocycles. The van der Waals surface area contributed by atoms with E-state index in [0.717, 1.165) is 12.0 Å². The maximum Gasteiger partial charge on any atom is 0.0781 e. The maximum atomic E-state index is 9.15. The number of hydrogen-bond acceptors (Lipinski definition) is 2. The minimum absolute atomic E-state index is 0.00867. The highest BCUT2D eigenvalue weighted by atomic mass is 35.5. The first-order valence-electron chi connectivity index (χ1n) is 5.51. The Balaban J connectivity index is 2.89. The van der Waals surface area contributed by atoms with E-state index >= 15 is 0 Å². The molecule has 0 fully saturated rings. The third kappa shape index (κ3) is 3.73. The van der Waals surface area contributed by atoms with E-state index in [2.05, 4.69) is 5.32 Å². The van der Waals surface area contributed by atoms with Crippen LogP contribution in [0.5, 0.6) is 0 Å². The van der Waals surface area contributed by atoms with Crippen LogP contribution in [-0.4, -0.2) is 17.8 Å². The van der Waals surface area contributed by atoms with Gasteiger partial charge in [0.2, 0.25) is 0 Å². The summed E-state index contributed by atoms with van der Waals surface area (Å²) in [5.41, 5.74) is 0.882. The van der Waals surface area contributed by atoms with Crippen LogP contribution < -0.4 is 5.32 Å². The van der Waals surface area contributed by atoms with Crippen LogP contribution in [-0.2, 0) is 0 Å². The molecule has 0 spiro atoms. The van der Waals surface area contributed by atoms with Crippen LogP contribution >= 0.6 is 34.8 Å². The lowest BCUT2D eigenvalue weighted by Crippen LogP contribution is -2.34. The summed E-state index contributed by atoms with van der Waals surface area (Å²) in [4.78, 5) is 0. The Morgan fingerprint density at radius 2 is 1.88 bits per heavy atom. The first-order chi connectivity index (χ1) is 8.01. The molecule has 0 aliphatic carbocycles. The second kappa shape index (κ2) is 6.81. The van der Waals surface area contributed by atoms with Gasteiger partial charge in [0.15, 0.2) is 0 Å². The van der Waals surface area contributed by atoms with Crippen molar-refractivity contribution in [1.82, 2.24) is 5.32 Å². The average molecular weight is 297 g/mol. The number of benzene rings is 1. The Kier molecular flexibility index (Phi) is 6.04. The molecule has 2 N–H and O–H groups in total. The third-order valence-corrected chi connectivity index (χ3v) is 4.04. The van der Waals surface area contributed by atoms with Crippen molar-refractivity contribution in [3.63, 3.8) is 0 Å². The van der Waals surface area contributed by atoms with Crippen LogP contribution in [0.2, 0.25) is 15.1 Å². The molecule has 17 heavy (non-hydrogen) atoms. The molecular formula is C12H16Cl3NO. The highest BCUT2D eigenvalue weighted by Gasteiger charge is 2.16. The molecule has 0 saturated heterocycles. The molecule has 0 bridgehead atoms. The van der Waals surface area contributed by atoms with E-state index in [1.807, 2.05) is 19.9 Å². The molecule has 2 nitrogen and oxygen atoms in total. The van der Waals surface area contributed by atoms with Gasteiger partial charge in [0, 0.05) is 12.1 Å². The van der Waals surface area contributed by atoms with Gasteiger partial charge in [-0.1, -0.05) is 47.8 Å². The quantitative estimate of drug-likeness (QED) is 0.803. The molecule has 96 valence electrons. The SMILES string of the molecule is CC[C@H](CO)NC(C)c1ccc(Cl)c(Cl)c1Cl. The molecule has 0 radical (unpaired) electrons. The summed E-state index contributed by atoms with van der Waals surface area (Å²) in [5, 5.41) is 13.7. The predicted octanol–water partition coefficient (Wildman–Crippen LogP) is 4.07. The van der Waals surface area contributed by atoms with Crippen LogP contribution in [0, 0.1) is 0 Å². The summed E-state index contributed by atoms with van der Waals surface area (Å²) in [7, 11) is 0. The fraction of sp³-hybridized carbons (Fsp3) is 0.500. The Bertz CT molecular complexity index is 380. The van der Waals surface area contributed by atoms with E-state index in [1.54, 1.807) is 6.07 Å². The van der Waals surface area contributed by atoms with E-state index in [0.29, 0.717) is 15.1 Å². The minimum Gasteiger partial charge on any atom is -0.395 e. The fourth-order valence-electron chi connectivity index (χ4n) is 1.62. The largest absolute Gasteiger partial charge is 0.395 e. The van der Waals surface area contributed by atoms with E-state index < -0.39 is 0 Å². The topological polar surface area (TPSA) is 32.3 Å². The zero-order valence-electron chi connectivity index (χ0n) is 9.80. The zero-order chi connectivity index (χ0) is 13.0. The van der Waals surface area contributed by atoms with Gasteiger partial charge in [-0.3, -0.25) is 0 Å². The molecule has 0 heterocycles. The van der Waals surface area contributed by atoms with Gasteiger partial charge in [0.25, 0.3) is 0 Å². The standard InChI is InChI=1S/C12H16Cl3NO/c1-3-8(6-17)16-7(2)9-4-5-10(13)12(15)11(9)14/h4-5,7-8,16-17H,3,6H2,1-2H3/t7?,8-/m1/s1. The second-order valence-corrected chi connectivity index (χ2v) is 5.10. The molecule has 1 aromatic carbocycles. The zero-order valence-corrected chi connectivity index (χ0v) is 12.1. The Labute approximate surface area is 117 Å². The fourth-order valence-corrected chi connectivity index (χ4v) is 2.32. The molecule has 1 unspecified atom stereocenters. The van der Waals surface area contributed by atoms with Crippen LogP contribution in [0.3, 0.4) is 0 Å². The van der Waals surface area contributed by atoms with Gasteiger partial charge in [-0.05, 0) is 25.0 Å². The molecule has 2 atom stereocenters. The lowest BCUT2D eigenvalue weighted by atomic mass is 10.1. The van der Waals surface area contributed by atoms with Gasteiger partial charge in [0.05, 0.1) is 21.7 Å². The van der Waals surface area contributed by atoms with Crippen molar-refractivity contribution in [3.8, 4) is 0 Å². The number of halogens is 3. The van der Waals surface area contributed by atoms with Crippen molar-refractivity contribution < 1.29 is 5.11 Å². The minimum atomic E-state index is 0.00867. The summed E-state index contributed by atoms with van der Waals surface area (Å²) in [5.74, 6) is 0. The van der Waals surface area contributed by atoms with Crippen LogP contribution in [0.15, 0.2) is 12.1 Å². The molecule has 0 amide bonds. The normalized spacial score (nSPS) is 14.7. The molecule has 0 aliphatic rings. The van der Waals surface area contributed by atoms with Gasteiger partial charge >= 0.3 is 0 Å². The van der Waals surface area contributed by atoms with E-state index in [4.69, 9.17) is 39.9 Å². The number of rotatable bonds is 5. The molecule has 0 aliphatic heterocycles. The van der Waals surface area contributed by atoms with Gasteiger partial charge in [-0.2, -0.15) is 0 Å². The predicted molar refractivity (Wildman–Crippen MR) is 74.2 cm³/mol. The number of hydrogen-bond donors (Lipinski definition) is 2. The number of aliphatic hydroxyl groups excluding tert-OH is 1. The molecule has 0 saturated carbocycles. The van der Waals surface area contributed by atoms with Crippen molar-refractivity contribution in [3.05, 3.63) is 32.8 Å². The Hall–Kier alpha value is 0.01000. The third-order valence-electron chi connectivity index (χ3n) is 2.73. The maximum absolute atomic E-state index is 9.15. The monoisotopic (exact) mass is 295 g/mol. The van der Waals surface area contributed by atoms with E-state index in [1.165, 1.54) is 0 Å². The molecule has 1 rings (SSSR count). The lowest BCUT2D eigenvalue weighted by Gasteiger charge is -2.22. The Morgan fingerprint density at radius 1 is 1.24 bits per heavy atom. The first kappa shape index (κ1) is 15.1. The van der Waals surface area contributed by atoms with Crippen molar-refractivity contribution in [2.24, 2.45) is 0 Å². The van der Waals surface area contributed by atoms with Crippen molar-refractivity contribution in [2.45, 2.75) is 32.4 Å². The summed E-state index contributed by atoms with van der Waals surface area (Å²) < 4.78 is 0. The summed E-state index contributed by atoms with van der Waals surface area (Å²) in [6.07, 6.45) is 0.847. The second-order valence-electron chi connectivity index (χ2n) is 3.94. The van der Waals surface area contributed by atoms with Gasteiger partial charge in [0.1, 0.15) is 0 Å². The van der Waals surface area contributed by atoms with Gasteiger partial charge in [-0.15, -0.1) is 0 Å². The highest BCUT2D eigenvalue weighted by molar-refractivity contribution is 6.48. The van der Waals surface area contributed by atoms with Crippen LogP contribution in [0.4, 0.5) is 0 Å². The summed E-state index contributed by atoms with van der Waals surface area (Å²) in [6, 6.07) is 3.63. The van der Waals surface area contributed by atoms with Gasteiger partial charge in [-0.25, -0.2) is 0 Å². The van der Waals surface area contributed by atoms with Crippen LogP contribution in [0.1, 0.15) is 31.9 Å². The van der Waals surface area contributed by atoms with E-state index in [9.17, 15) is 0 Å². The van der Waals surface area contributed by atoms with Crippen molar-refractivity contribution >= 4 is 34.8 Å². The Morgan fingerprint density at radius 3 is 2.41 bits per heavy atom. The summed E-state index contributed by atoms with van der Waals surface area (Å²) >= 11 is 18.0. The van der Waals surface area contributed by atoms with Crippen LogP contribution in [0.25, 0.3) is 0 Å². The number of aliphatic hydroxyl groups is 1. The highest BCUT2D eigenvalue weighted by Crippen LogP contribution is 2.35. The van der Waals surface area contributed by atoms with Gasteiger partial charge < -0.3 is 10.4 Å². The smallest absolute Gasteiger partial charge is 0.0781 e. The van der Waals surface area contributed by atoms with Crippen molar-refractivity contribution in [1.29, 1.82) is 0 Å². The number of nitrogens with one attached hydrogen (secondary N) is 1. The lowest BCUT2D eigenvalue weighted by molar-refractivity contribution is 0.230. The first-order valence-corrected chi connectivity index (χ1v) is 6.64. The van der Waals surface area contributed by atoms with Crippen molar-refractivity contribution in [2.75, 3.05) is 6.61 Å². The summed E-state index contributed by atoms with van der Waals surface area (Å²) in [6.45, 7) is 4.08. The van der Waals surface area contributed by atoms with E-state index in [-0.39, 0.29) is 18.7 Å².